The Morgan fingerprint density at radius 2 is 2.50 bits per heavy atom. The minimum absolute atomic E-state index is 0.762. The molecule has 0 fully saturated rings. The van der Waals surface area contributed by atoms with Crippen LogP contribution in [-0.2, 0) is 19.4 Å². The molecule has 0 bridgehead atoms. The number of nitrogens with two attached hydrogens (primary N) is 1. The molecule has 3 heteroatoms. The van der Waals surface area contributed by atoms with Crippen LogP contribution in [0.25, 0.3) is 0 Å². The van der Waals surface area contributed by atoms with Crippen molar-refractivity contribution in [1.82, 2.24) is 9.55 Å². The summed E-state index contributed by atoms with van der Waals surface area (Å²) in [6, 6.07) is 0. The van der Waals surface area contributed by atoms with Gasteiger partial charge in [0.15, 0.2) is 0 Å². The summed E-state index contributed by atoms with van der Waals surface area (Å²) in [5.74, 6) is 2.07. The molecule has 1 atom stereocenters. The molecule has 0 aromatic carbocycles. The van der Waals surface area contributed by atoms with Gasteiger partial charge in [-0.05, 0) is 31.7 Å². The zero-order chi connectivity index (χ0) is 9.97. The number of fused-ring (bicyclic) bond motifs is 1. The summed E-state index contributed by atoms with van der Waals surface area (Å²) in [4.78, 5) is 4.65. The Kier molecular flexibility index (Phi) is 2.87. The molecule has 0 amide bonds. The van der Waals surface area contributed by atoms with Gasteiger partial charge in [-0.2, -0.15) is 0 Å². The summed E-state index contributed by atoms with van der Waals surface area (Å²) in [5.41, 5.74) is 6.71. The molecule has 78 valence electrons. The molecule has 2 rings (SSSR count). The molecule has 1 aliphatic rings. The van der Waals surface area contributed by atoms with E-state index in [9.17, 15) is 0 Å². The van der Waals surface area contributed by atoms with Crippen molar-refractivity contribution in [2.75, 3.05) is 6.54 Å². The fourth-order valence-corrected chi connectivity index (χ4v) is 2.05. The van der Waals surface area contributed by atoms with Gasteiger partial charge in [-0.1, -0.05) is 6.92 Å². The predicted molar refractivity (Wildman–Crippen MR) is 57.1 cm³/mol. The van der Waals surface area contributed by atoms with Crippen molar-refractivity contribution in [2.45, 2.75) is 39.2 Å². The Balaban J connectivity index is 2.07. The van der Waals surface area contributed by atoms with Gasteiger partial charge >= 0.3 is 0 Å². The molecular weight excluding hydrogens is 174 g/mol. The van der Waals surface area contributed by atoms with E-state index in [0.29, 0.717) is 0 Å². The molecule has 1 aromatic heterocycles. The number of hydrogen-bond donors (Lipinski definition) is 1. The molecule has 1 aromatic rings. The van der Waals surface area contributed by atoms with Crippen LogP contribution in [0.2, 0.25) is 0 Å². The van der Waals surface area contributed by atoms with Crippen LogP contribution < -0.4 is 5.73 Å². The highest BCUT2D eigenvalue weighted by Crippen LogP contribution is 2.19. The molecule has 14 heavy (non-hydrogen) atoms. The summed E-state index contributed by atoms with van der Waals surface area (Å²) in [5, 5.41) is 0. The minimum atomic E-state index is 0.762. The van der Waals surface area contributed by atoms with Crippen LogP contribution in [0.4, 0.5) is 0 Å². The van der Waals surface area contributed by atoms with Crippen LogP contribution in [0.5, 0.6) is 0 Å². The van der Waals surface area contributed by atoms with Gasteiger partial charge < -0.3 is 10.3 Å². The first-order valence-corrected chi connectivity index (χ1v) is 5.54. The summed E-state index contributed by atoms with van der Waals surface area (Å²) in [7, 11) is 0. The SMILES string of the molecule is CC1CCn2cc(CCCN)nc2C1. The topological polar surface area (TPSA) is 43.8 Å². The van der Waals surface area contributed by atoms with E-state index in [2.05, 4.69) is 22.7 Å². The number of nitrogens with zero attached hydrogens (tertiary/aromatic N) is 2. The van der Waals surface area contributed by atoms with Gasteiger partial charge in [0, 0.05) is 19.2 Å². The van der Waals surface area contributed by atoms with E-state index in [4.69, 9.17) is 5.73 Å². The first-order chi connectivity index (χ1) is 6.79. The number of aromatic nitrogens is 2. The van der Waals surface area contributed by atoms with E-state index in [1.54, 1.807) is 0 Å². The van der Waals surface area contributed by atoms with E-state index < -0.39 is 0 Å². The van der Waals surface area contributed by atoms with Crippen molar-refractivity contribution in [1.29, 1.82) is 0 Å². The van der Waals surface area contributed by atoms with Crippen LogP contribution in [0.3, 0.4) is 0 Å². The third-order valence-electron chi connectivity index (χ3n) is 2.94. The zero-order valence-corrected chi connectivity index (χ0v) is 8.87. The van der Waals surface area contributed by atoms with Gasteiger partial charge in [0.1, 0.15) is 5.82 Å². The minimum Gasteiger partial charge on any atom is -0.335 e. The fraction of sp³-hybridized carbons (Fsp3) is 0.727. The van der Waals surface area contributed by atoms with Crippen molar-refractivity contribution in [3.05, 3.63) is 17.7 Å². The summed E-state index contributed by atoms with van der Waals surface area (Å²) >= 11 is 0. The van der Waals surface area contributed by atoms with Gasteiger partial charge in [-0.15, -0.1) is 0 Å². The molecule has 2 N–H and O–H groups in total. The van der Waals surface area contributed by atoms with Gasteiger partial charge in [-0.25, -0.2) is 4.98 Å². The smallest absolute Gasteiger partial charge is 0.109 e. The molecule has 0 radical (unpaired) electrons. The van der Waals surface area contributed by atoms with Crippen molar-refractivity contribution >= 4 is 0 Å². The van der Waals surface area contributed by atoms with Crippen molar-refractivity contribution in [2.24, 2.45) is 11.7 Å². The Morgan fingerprint density at radius 3 is 3.29 bits per heavy atom. The first kappa shape index (κ1) is 9.71. The van der Waals surface area contributed by atoms with Crippen molar-refractivity contribution in [3.8, 4) is 0 Å². The molecule has 1 unspecified atom stereocenters. The molecule has 0 saturated heterocycles. The van der Waals surface area contributed by atoms with E-state index in [1.807, 2.05) is 0 Å². The molecule has 0 saturated carbocycles. The number of imidazole rings is 1. The monoisotopic (exact) mass is 193 g/mol. The summed E-state index contributed by atoms with van der Waals surface area (Å²) in [6.07, 6.45) is 6.72. The quantitative estimate of drug-likeness (QED) is 0.787. The molecule has 1 aliphatic heterocycles. The third-order valence-corrected chi connectivity index (χ3v) is 2.94. The van der Waals surface area contributed by atoms with E-state index in [1.165, 1.54) is 17.9 Å². The van der Waals surface area contributed by atoms with E-state index in [-0.39, 0.29) is 0 Å². The Morgan fingerprint density at radius 1 is 1.64 bits per heavy atom. The maximum Gasteiger partial charge on any atom is 0.109 e. The Hall–Kier alpha value is -0.830. The van der Waals surface area contributed by atoms with Crippen LogP contribution in [0.15, 0.2) is 6.20 Å². The van der Waals surface area contributed by atoms with Gasteiger partial charge in [-0.3, -0.25) is 0 Å². The van der Waals surface area contributed by atoms with Crippen LogP contribution in [0, 0.1) is 5.92 Å². The van der Waals surface area contributed by atoms with Crippen molar-refractivity contribution in [3.63, 3.8) is 0 Å². The van der Waals surface area contributed by atoms with E-state index >= 15 is 0 Å². The molecule has 3 nitrogen and oxygen atoms in total. The fourth-order valence-electron chi connectivity index (χ4n) is 2.05. The summed E-state index contributed by atoms with van der Waals surface area (Å²) in [6.45, 7) is 4.21. The second-order valence-electron chi connectivity index (χ2n) is 4.33. The van der Waals surface area contributed by atoms with Crippen LogP contribution in [-0.4, -0.2) is 16.1 Å². The molecule has 2 heterocycles. The van der Waals surface area contributed by atoms with Gasteiger partial charge in [0.2, 0.25) is 0 Å². The third kappa shape index (κ3) is 1.98. The van der Waals surface area contributed by atoms with Crippen LogP contribution >= 0.6 is 0 Å². The first-order valence-electron chi connectivity index (χ1n) is 5.54. The average molecular weight is 193 g/mol. The number of aryl methyl sites for hydroxylation is 2. The Labute approximate surface area is 85.3 Å². The lowest BCUT2D eigenvalue weighted by molar-refractivity contribution is 0.409. The maximum atomic E-state index is 5.49. The lowest BCUT2D eigenvalue weighted by Crippen LogP contribution is -2.16. The second-order valence-corrected chi connectivity index (χ2v) is 4.33. The molecule has 0 spiro atoms. The maximum absolute atomic E-state index is 5.49. The largest absolute Gasteiger partial charge is 0.335 e. The van der Waals surface area contributed by atoms with Crippen molar-refractivity contribution < 1.29 is 0 Å². The van der Waals surface area contributed by atoms with Crippen LogP contribution in [0.1, 0.15) is 31.3 Å². The highest BCUT2D eigenvalue weighted by molar-refractivity contribution is 5.07. The number of rotatable bonds is 3. The van der Waals surface area contributed by atoms with E-state index in [0.717, 1.165) is 38.3 Å². The highest BCUT2D eigenvalue weighted by Gasteiger charge is 2.16. The Bertz CT molecular complexity index is 303. The standard InChI is InChI=1S/C11H19N3/c1-9-4-6-14-8-10(3-2-5-12)13-11(14)7-9/h8-9H,2-7,12H2,1H3. The predicted octanol–water partition coefficient (Wildman–Crippen LogP) is 1.36. The van der Waals surface area contributed by atoms with Gasteiger partial charge in [0.05, 0.1) is 5.69 Å². The normalized spacial score (nSPS) is 20.9. The van der Waals surface area contributed by atoms with Gasteiger partial charge in [0.25, 0.3) is 0 Å². The molecular formula is C11H19N3. The number of hydrogen-bond acceptors (Lipinski definition) is 2. The average Bonchev–Trinajstić information content (AvgIpc) is 2.56. The highest BCUT2D eigenvalue weighted by atomic mass is 15.1. The second kappa shape index (κ2) is 4.13. The lowest BCUT2D eigenvalue weighted by Gasteiger charge is -2.18. The zero-order valence-electron chi connectivity index (χ0n) is 8.87. The lowest BCUT2D eigenvalue weighted by atomic mass is 10.0. The molecule has 0 aliphatic carbocycles. The summed E-state index contributed by atoms with van der Waals surface area (Å²) < 4.78 is 2.31.